The number of nitrogens with two attached hydrogens (primary N) is 1. The van der Waals surface area contributed by atoms with Crippen LogP contribution in [0.4, 0.5) is 0 Å². The van der Waals surface area contributed by atoms with Crippen LogP contribution in [0.5, 0.6) is 5.75 Å². The Kier molecular flexibility index (Phi) is 5.99. The summed E-state index contributed by atoms with van der Waals surface area (Å²) >= 11 is 5.58. The summed E-state index contributed by atoms with van der Waals surface area (Å²) < 4.78 is 4.84. The lowest BCUT2D eigenvalue weighted by atomic mass is 9.96. The summed E-state index contributed by atoms with van der Waals surface area (Å²) in [6.45, 7) is 3.83. The van der Waals surface area contributed by atoms with Gasteiger partial charge in [0.25, 0.3) is 3.90 Å². The highest BCUT2D eigenvalue weighted by atomic mass is 79.9. The largest absolute Gasteiger partial charge is 0.497 e. The van der Waals surface area contributed by atoms with E-state index in [1.54, 1.807) is 18.9 Å². The average molecular weight is 418 g/mol. The molecular formula is C20H22BrN2OS+. The molecule has 25 heavy (non-hydrogen) atoms. The minimum absolute atomic E-state index is 0.312. The Morgan fingerprint density at radius 3 is 2.64 bits per heavy atom. The lowest BCUT2D eigenvalue weighted by Gasteiger charge is -2.32. The lowest BCUT2D eigenvalue weighted by molar-refractivity contribution is -0.717. The normalized spacial score (nSPS) is 23.0. The first kappa shape index (κ1) is 18.2. The van der Waals surface area contributed by atoms with Crippen LogP contribution in [0, 0.1) is 0 Å². The highest BCUT2D eigenvalue weighted by Gasteiger charge is 2.39. The molecule has 2 aromatic carbocycles. The lowest BCUT2D eigenvalue weighted by Crippen LogP contribution is -2.95. The third kappa shape index (κ3) is 4.54. The van der Waals surface area contributed by atoms with Crippen LogP contribution in [0.2, 0.25) is 0 Å². The zero-order valence-electron chi connectivity index (χ0n) is 14.2. The zero-order chi connectivity index (χ0) is 17.7. The Bertz CT molecular complexity index is 748. The molecule has 0 unspecified atom stereocenters. The second-order valence-electron chi connectivity index (χ2n) is 5.88. The van der Waals surface area contributed by atoms with E-state index in [2.05, 4.69) is 70.3 Å². The predicted octanol–water partition coefficient (Wildman–Crippen LogP) is 4.12. The van der Waals surface area contributed by atoms with Gasteiger partial charge in [0.05, 0.1) is 12.8 Å². The summed E-state index contributed by atoms with van der Waals surface area (Å²) in [6.07, 6.45) is 2.80. The van der Waals surface area contributed by atoms with Gasteiger partial charge in [-0.05, 0) is 29.8 Å². The first-order valence-electron chi connectivity index (χ1n) is 8.21. The van der Waals surface area contributed by atoms with E-state index >= 15 is 0 Å². The van der Waals surface area contributed by atoms with Gasteiger partial charge in [-0.2, -0.15) is 0 Å². The summed E-state index contributed by atoms with van der Waals surface area (Å²) in [5.41, 5.74) is 3.55. The number of methoxy groups -OCH3 is 1. The van der Waals surface area contributed by atoms with Crippen molar-refractivity contribution in [3.05, 3.63) is 78.4 Å². The second-order valence-corrected chi connectivity index (χ2v) is 8.86. The molecule has 0 aromatic heterocycles. The van der Waals surface area contributed by atoms with Crippen molar-refractivity contribution in [2.75, 3.05) is 12.9 Å². The van der Waals surface area contributed by atoms with Gasteiger partial charge in [-0.15, -0.1) is 6.58 Å². The molecule has 0 aliphatic carbocycles. The van der Waals surface area contributed by atoms with Crippen LogP contribution in [-0.2, 0) is 0 Å². The molecular weight excluding hydrogens is 396 g/mol. The molecule has 130 valence electrons. The van der Waals surface area contributed by atoms with Gasteiger partial charge in [0, 0.05) is 33.7 Å². The molecule has 3 nitrogen and oxygen atoms in total. The van der Waals surface area contributed by atoms with Crippen LogP contribution in [0.15, 0.2) is 72.2 Å². The molecule has 0 saturated heterocycles. The molecule has 0 spiro atoms. The second kappa shape index (κ2) is 8.21. The van der Waals surface area contributed by atoms with Crippen LogP contribution in [-0.4, -0.2) is 22.5 Å². The molecule has 0 bridgehead atoms. The highest BCUT2D eigenvalue weighted by Crippen LogP contribution is 2.34. The fourth-order valence-corrected chi connectivity index (χ4v) is 4.64. The first-order chi connectivity index (χ1) is 12.1. The van der Waals surface area contributed by atoms with Gasteiger partial charge in [-0.3, -0.25) is 5.32 Å². The maximum atomic E-state index is 5.27. The van der Waals surface area contributed by atoms with E-state index < -0.39 is 3.90 Å². The number of nitrogens with zero attached hydrogens (tertiary/aromatic N) is 1. The number of halogens is 1. The molecule has 0 fully saturated rings. The molecule has 1 heterocycles. The first-order valence-corrected chi connectivity index (χ1v) is 9.99. The Morgan fingerprint density at radius 2 is 2.00 bits per heavy atom. The maximum absolute atomic E-state index is 5.27. The Morgan fingerprint density at radius 1 is 1.28 bits per heavy atom. The van der Waals surface area contributed by atoms with Crippen molar-refractivity contribution in [1.82, 2.24) is 0 Å². The molecule has 0 saturated carbocycles. The van der Waals surface area contributed by atoms with E-state index in [4.69, 9.17) is 9.73 Å². The van der Waals surface area contributed by atoms with Gasteiger partial charge in [0.15, 0.2) is 0 Å². The van der Waals surface area contributed by atoms with E-state index in [1.165, 1.54) is 5.56 Å². The SMILES string of the molecule is C=CCS[C@@]1(Br)N=C(c2ccc(OC)cc2)C[C@H](c2ccccc2)[NH2+]1. The standard InChI is InChI=1S/C20H21BrN2OS/c1-3-13-25-20(21)22-18(15-7-5-4-6-8-15)14-19(23-20)16-9-11-17(24-2)12-10-16/h3-12,18,22H,1,13-14H2,2H3/p+1/t18-,20-/m1/s1. The molecule has 2 aromatic rings. The van der Waals surface area contributed by atoms with Crippen LogP contribution in [0.1, 0.15) is 23.6 Å². The number of alkyl halides is 1. The minimum Gasteiger partial charge on any atom is -0.497 e. The molecule has 0 amide bonds. The van der Waals surface area contributed by atoms with Crippen LogP contribution in [0.3, 0.4) is 0 Å². The number of ether oxygens (including phenoxy) is 1. The molecule has 0 radical (unpaired) electrons. The van der Waals surface area contributed by atoms with Crippen molar-refractivity contribution in [3.8, 4) is 5.75 Å². The highest BCUT2D eigenvalue weighted by molar-refractivity contribution is 9.11. The Balaban J connectivity index is 1.94. The number of hydrogen-bond acceptors (Lipinski definition) is 3. The van der Waals surface area contributed by atoms with Crippen LogP contribution >= 0.6 is 27.7 Å². The van der Waals surface area contributed by atoms with Crippen molar-refractivity contribution in [2.45, 2.75) is 16.4 Å². The summed E-state index contributed by atoms with van der Waals surface area (Å²) in [7, 11) is 1.68. The molecule has 3 rings (SSSR count). The Labute approximate surface area is 161 Å². The number of hydrogen-bond donors (Lipinski definition) is 1. The zero-order valence-corrected chi connectivity index (χ0v) is 16.6. The molecule has 2 N–H and O–H groups in total. The predicted molar refractivity (Wildman–Crippen MR) is 110 cm³/mol. The Hall–Kier alpha value is -1.56. The van der Waals surface area contributed by atoms with E-state index in [-0.39, 0.29) is 0 Å². The quantitative estimate of drug-likeness (QED) is 0.436. The van der Waals surface area contributed by atoms with Gasteiger partial charge in [-0.1, -0.05) is 48.2 Å². The third-order valence-electron chi connectivity index (χ3n) is 4.16. The van der Waals surface area contributed by atoms with Crippen molar-refractivity contribution >= 4 is 33.4 Å². The van der Waals surface area contributed by atoms with Crippen molar-refractivity contribution in [1.29, 1.82) is 0 Å². The molecule has 2 atom stereocenters. The van der Waals surface area contributed by atoms with Crippen LogP contribution < -0.4 is 10.1 Å². The van der Waals surface area contributed by atoms with E-state index in [0.717, 1.165) is 29.2 Å². The van der Waals surface area contributed by atoms with E-state index in [1.807, 2.05) is 18.2 Å². The minimum atomic E-state index is -0.435. The summed E-state index contributed by atoms with van der Waals surface area (Å²) in [5.74, 6) is 1.69. The topological polar surface area (TPSA) is 38.2 Å². The van der Waals surface area contributed by atoms with E-state index in [0.29, 0.717) is 6.04 Å². The van der Waals surface area contributed by atoms with Gasteiger partial charge < -0.3 is 4.74 Å². The molecule has 5 heteroatoms. The monoisotopic (exact) mass is 417 g/mol. The summed E-state index contributed by atoms with van der Waals surface area (Å²) in [4.78, 5) is 5.00. The maximum Gasteiger partial charge on any atom is 0.294 e. The third-order valence-corrected chi connectivity index (χ3v) is 6.33. The average Bonchev–Trinajstić information content (AvgIpc) is 2.67. The van der Waals surface area contributed by atoms with Gasteiger partial charge in [0.1, 0.15) is 11.8 Å². The number of benzene rings is 2. The van der Waals surface area contributed by atoms with Crippen molar-refractivity contribution < 1.29 is 10.1 Å². The summed E-state index contributed by atoms with van der Waals surface area (Å²) in [6, 6.07) is 19.1. The van der Waals surface area contributed by atoms with Crippen molar-refractivity contribution in [3.63, 3.8) is 0 Å². The number of aliphatic imine (C=N–C) groups is 1. The van der Waals surface area contributed by atoms with Crippen molar-refractivity contribution in [2.24, 2.45) is 4.99 Å². The molecule has 1 aliphatic heterocycles. The van der Waals surface area contributed by atoms with Gasteiger partial charge in [0.2, 0.25) is 0 Å². The molecule has 1 aliphatic rings. The number of thioether (sulfide) groups is 1. The van der Waals surface area contributed by atoms with E-state index in [9.17, 15) is 0 Å². The van der Waals surface area contributed by atoms with Gasteiger partial charge in [-0.25, -0.2) is 4.99 Å². The number of quaternary nitrogens is 1. The summed E-state index contributed by atoms with van der Waals surface area (Å²) in [5, 5.41) is 2.30. The fraction of sp³-hybridized carbons (Fsp3) is 0.250. The van der Waals surface area contributed by atoms with Gasteiger partial charge >= 0.3 is 0 Å². The smallest absolute Gasteiger partial charge is 0.294 e. The number of rotatable bonds is 6. The fourth-order valence-electron chi connectivity index (χ4n) is 2.92. The van der Waals surface area contributed by atoms with Crippen LogP contribution in [0.25, 0.3) is 0 Å².